The minimum Gasteiger partial charge on any atom is -0.182 e. The Kier molecular flexibility index (Phi) is 1.64. The van der Waals surface area contributed by atoms with E-state index in [-0.39, 0.29) is 0 Å². The van der Waals surface area contributed by atoms with Gasteiger partial charge in [-0.2, -0.15) is 15.0 Å². The third kappa shape index (κ3) is 1.15. The highest BCUT2D eigenvalue weighted by atomic mass is 15.5. The van der Waals surface area contributed by atoms with Gasteiger partial charge in [0, 0.05) is 0 Å². The summed E-state index contributed by atoms with van der Waals surface area (Å²) >= 11 is 0. The first-order valence-electron chi connectivity index (χ1n) is 4.10. The number of aromatic nitrogens is 3. The highest BCUT2D eigenvalue weighted by Crippen LogP contribution is 2.29. The van der Waals surface area contributed by atoms with E-state index in [4.69, 9.17) is 0 Å². The van der Waals surface area contributed by atoms with E-state index in [1.54, 1.807) is 0 Å². The molecule has 1 radical (unpaired) electrons. The van der Waals surface area contributed by atoms with Crippen LogP contribution in [0.5, 0.6) is 0 Å². The Bertz CT molecular complexity index is 237. The monoisotopic (exact) mass is 150 g/mol. The van der Waals surface area contributed by atoms with Crippen LogP contribution < -0.4 is 0 Å². The molecule has 59 valence electrons. The standard InChI is InChI=1S/C8H12N3/c1-2-7-6-9-11(10-7)8-4-3-5-8/h6,8H,1-5H2. The van der Waals surface area contributed by atoms with Gasteiger partial charge in [0.2, 0.25) is 0 Å². The zero-order valence-electron chi connectivity index (χ0n) is 6.53. The van der Waals surface area contributed by atoms with Crippen molar-refractivity contribution in [2.24, 2.45) is 0 Å². The average molecular weight is 150 g/mol. The van der Waals surface area contributed by atoms with Crippen molar-refractivity contribution >= 4 is 0 Å². The second kappa shape index (κ2) is 2.64. The minimum absolute atomic E-state index is 0.579. The van der Waals surface area contributed by atoms with Crippen LogP contribution in [-0.2, 0) is 6.42 Å². The van der Waals surface area contributed by atoms with Gasteiger partial charge in [-0.05, 0) is 32.6 Å². The van der Waals surface area contributed by atoms with Crippen LogP contribution in [0.3, 0.4) is 0 Å². The third-order valence-electron chi connectivity index (χ3n) is 2.21. The molecule has 0 aromatic carbocycles. The summed E-state index contributed by atoms with van der Waals surface area (Å²) in [6.07, 6.45) is 6.36. The van der Waals surface area contributed by atoms with Crippen LogP contribution in [0.4, 0.5) is 0 Å². The summed E-state index contributed by atoms with van der Waals surface area (Å²) < 4.78 is 0. The van der Waals surface area contributed by atoms with Gasteiger partial charge in [0.1, 0.15) is 0 Å². The second-order valence-corrected chi connectivity index (χ2v) is 2.99. The molecule has 0 unspecified atom stereocenters. The molecule has 0 atom stereocenters. The summed E-state index contributed by atoms with van der Waals surface area (Å²) in [7, 11) is 0. The highest BCUT2D eigenvalue weighted by Gasteiger charge is 2.20. The van der Waals surface area contributed by atoms with Gasteiger partial charge in [-0.1, -0.05) is 0 Å². The predicted molar refractivity (Wildman–Crippen MR) is 42.0 cm³/mol. The van der Waals surface area contributed by atoms with Crippen molar-refractivity contribution in [1.29, 1.82) is 0 Å². The second-order valence-electron chi connectivity index (χ2n) is 2.99. The van der Waals surface area contributed by atoms with Gasteiger partial charge < -0.3 is 0 Å². The van der Waals surface area contributed by atoms with Gasteiger partial charge in [-0.3, -0.25) is 0 Å². The topological polar surface area (TPSA) is 30.7 Å². The molecule has 3 heteroatoms. The number of hydrogen-bond acceptors (Lipinski definition) is 2. The molecule has 1 aromatic heterocycles. The molecule has 1 saturated carbocycles. The maximum atomic E-state index is 4.29. The van der Waals surface area contributed by atoms with Crippen molar-refractivity contribution in [2.75, 3.05) is 0 Å². The molecular formula is C8H12N3. The fourth-order valence-corrected chi connectivity index (χ4v) is 1.22. The molecule has 11 heavy (non-hydrogen) atoms. The van der Waals surface area contributed by atoms with Gasteiger partial charge in [0.05, 0.1) is 17.9 Å². The Labute approximate surface area is 66.4 Å². The zero-order valence-corrected chi connectivity index (χ0v) is 6.53. The van der Waals surface area contributed by atoms with Gasteiger partial charge in [0.15, 0.2) is 0 Å². The van der Waals surface area contributed by atoms with Gasteiger partial charge in [0.25, 0.3) is 0 Å². The SMILES string of the molecule is [CH2]Cc1cnn(C2CCC2)n1. The Morgan fingerprint density at radius 1 is 1.64 bits per heavy atom. The summed E-state index contributed by atoms with van der Waals surface area (Å²) in [5.41, 5.74) is 0.997. The highest BCUT2D eigenvalue weighted by molar-refractivity contribution is 4.93. The lowest BCUT2D eigenvalue weighted by atomic mass is 9.94. The van der Waals surface area contributed by atoms with Gasteiger partial charge in [-0.15, -0.1) is 0 Å². The number of rotatable bonds is 2. The van der Waals surface area contributed by atoms with E-state index >= 15 is 0 Å². The molecule has 0 bridgehead atoms. The van der Waals surface area contributed by atoms with Crippen molar-refractivity contribution in [3.8, 4) is 0 Å². The third-order valence-corrected chi connectivity index (χ3v) is 2.21. The molecule has 1 fully saturated rings. The van der Waals surface area contributed by atoms with E-state index in [1.165, 1.54) is 19.3 Å². The smallest absolute Gasteiger partial charge is 0.0827 e. The van der Waals surface area contributed by atoms with Crippen LogP contribution in [0, 0.1) is 6.92 Å². The van der Waals surface area contributed by atoms with Crippen molar-refractivity contribution < 1.29 is 0 Å². The lowest BCUT2D eigenvalue weighted by Gasteiger charge is -2.23. The van der Waals surface area contributed by atoms with E-state index < -0.39 is 0 Å². The first-order chi connectivity index (χ1) is 5.40. The van der Waals surface area contributed by atoms with Crippen LogP contribution >= 0.6 is 0 Å². The van der Waals surface area contributed by atoms with E-state index in [0.29, 0.717) is 6.04 Å². The molecule has 2 rings (SSSR count). The average Bonchev–Trinajstić information content (AvgIpc) is 2.32. The predicted octanol–water partition coefficient (Wildman–Crippen LogP) is 1.38. The van der Waals surface area contributed by atoms with E-state index in [1.807, 2.05) is 11.0 Å². The molecule has 1 aromatic rings. The largest absolute Gasteiger partial charge is 0.182 e. The molecule has 0 saturated heterocycles. The lowest BCUT2D eigenvalue weighted by molar-refractivity contribution is 0.261. The fraction of sp³-hybridized carbons (Fsp3) is 0.625. The fourth-order valence-electron chi connectivity index (χ4n) is 1.22. The number of nitrogens with zero attached hydrogens (tertiary/aromatic N) is 3. The summed E-state index contributed by atoms with van der Waals surface area (Å²) in [5, 5.41) is 8.47. The molecule has 0 spiro atoms. The van der Waals surface area contributed by atoms with E-state index in [0.717, 1.165) is 12.1 Å². The first kappa shape index (κ1) is 6.83. The lowest BCUT2D eigenvalue weighted by Crippen LogP contribution is -2.19. The molecule has 1 aliphatic rings. The molecule has 3 nitrogen and oxygen atoms in total. The molecule has 1 aliphatic carbocycles. The maximum absolute atomic E-state index is 4.29. The zero-order chi connectivity index (χ0) is 7.68. The van der Waals surface area contributed by atoms with Gasteiger partial charge >= 0.3 is 0 Å². The Hall–Kier alpha value is -0.860. The van der Waals surface area contributed by atoms with Crippen molar-refractivity contribution in [2.45, 2.75) is 31.7 Å². The summed E-state index contributed by atoms with van der Waals surface area (Å²) in [5.74, 6) is 0. The van der Waals surface area contributed by atoms with Crippen molar-refractivity contribution in [3.05, 3.63) is 18.8 Å². The normalized spacial score (nSPS) is 18.3. The molecule has 1 heterocycles. The number of hydrogen-bond donors (Lipinski definition) is 0. The van der Waals surface area contributed by atoms with E-state index in [2.05, 4.69) is 17.1 Å². The Morgan fingerprint density at radius 2 is 2.45 bits per heavy atom. The van der Waals surface area contributed by atoms with Crippen molar-refractivity contribution in [3.63, 3.8) is 0 Å². The summed E-state index contributed by atoms with van der Waals surface area (Å²) in [6, 6.07) is 0.579. The Morgan fingerprint density at radius 3 is 2.91 bits per heavy atom. The first-order valence-corrected chi connectivity index (χ1v) is 4.10. The Balaban J connectivity index is 2.11. The molecule has 0 N–H and O–H groups in total. The van der Waals surface area contributed by atoms with E-state index in [9.17, 15) is 0 Å². The van der Waals surface area contributed by atoms with Crippen molar-refractivity contribution in [1.82, 2.24) is 15.0 Å². The summed E-state index contributed by atoms with van der Waals surface area (Å²) in [4.78, 5) is 1.84. The molecular weight excluding hydrogens is 138 g/mol. The minimum atomic E-state index is 0.579. The quantitative estimate of drug-likeness (QED) is 0.637. The van der Waals surface area contributed by atoms with Crippen LogP contribution in [-0.4, -0.2) is 15.0 Å². The van der Waals surface area contributed by atoms with Crippen LogP contribution in [0.2, 0.25) is 0 Å². The maximum Gasteiger partial charge on any atom is 0.0827 e. The van der Waals surface area contributed by atoms with Crippen LogP contribution in [0.25, 0.3) is 0 Å². The summed E-state index contributed by atoms with van der Waals surface area (Å²) in [6.45, 7) is 3.76. The van der Waals surface area contributed by atoms with Gasteiger partial charge in [-0.25, -0.2) is 0 Å². The van der Waals surface area contributed by atoms with Crippen LogP contribution in [0.1, 0.15) is 31.0 Å². The molecule has 0 aliphatic heterocycles. The van der Waals surface area contributed by atoms with Crippen LogP contribution in [0.15, 0.2) is 6.20 Å². The molecule has 0 amide bonds.